The number of unbranched alkanes of at least 4 members (excludes halogenated alkanes) is 5. The van der Waals surface area contributed by atoms with E-state index in [1.165, 1.54) is 25.7 Å². The summed E-state index contributed by atoms with van der Waals surface area (Å²) >= 11 is 0. The Morgan fingerprint density at radius 1 is 1.00 bits per heavy atom. The molecule has 0 spiro atoms. The van der Waals surface area contributed by atoms with Gasteiger partial charge in [-0.05, 0) is 6.42 Å². The molecule has 3 aliphatic heterocycles. The standard InChI is InChI=1S/C16H23NO4/c1-2-3-4-5-6-7-10-20-17-15(18)13-11-8-9-12(21-11)14(13)16(17)19/h8-9,11-14H,2-7,10H2,1H3/t11-,12+,13+,14-. The van der Waals surface area contributed by atoms with Crippen LogP contribution in [-0.4, -0.2) is 35.7 Å². The summed E-state index contributed by atoms with van der Waals surface area (Å²) in [6, 6.07) is 0. The molecule has 0 saturated carbocycles. The SMILES string of the molecule is CCCCCCCCON1C(=O)[C@@H]2[C@H](C1=O)[C@@H]1C=C[C@H]2O1. The molecular weight excluding hydrogens is 270 g/mol. The second-order valence-electron chi connectivity index (χ2n) is 6.07. The van der Waals surface area contributed by atoms with E-state index >= 15 is 0 Å². The molecular formula is C16H23NO4. The van der Waals surface area contributed by atoms with E-state index in [1.807, 2.05) is 12.2 Å². The van der Waals surface area contributed by atoms with E-state index in [1.54, 1.807) is 0 Å². The average molecular weight is 293 g/mol. The largest absolute Gasteiger partial charge is 0.365 e. The molecule has 21 heavy (non-hydrogen) atoms. The predicted octanol–water partition coefficient (Wildman–Crippen LogP) is 2.22. The van der Waals surface area contributed by atoms with Gasteiger partial charge < -0.3 is 4.74 Å². The molecule has 0 aliphatic carbocycles. The number of ether oxygens (including phenoxy) is 1. The van der Waals surface area contributed by atoms with Crippen LogP contribution in [0.5, 0.6) is 0 Å². The van der Waals surface area contributed by atoms with Crippen LogP contribution in [0.3, 0.4) is 0 Å². The normalized spacial score (nSPS) is 33.3. The minimum absolute atomic E-state index is 0.229. The molecule has 116 valence electrons. The molecule has 0 aromatic heterocycles. The molecule has 2 saturated heterocycles. The van der Waals surface area contributed by atoms with Gasteiger partial charge in [0.1, 0.15) is 0 Å². The summed E-state index contributed by atoms with van der Waals surface area (Å²) < 4.78 is 5.57. The summed E-state index contributed by atoms with van der Waals surface area (Å²) in [5.74, 6) is -1.19. The molecule has 5 nitrogen and oxygen atoms in total. The molecule has 3 aliphatic rings. The van der Waals surface area contributed by atoms with Gasteiger partial charge in [0.05, 0.1) is 30.7 Å². The molecule has 2 bridgehead atoms. The van der Waals surface area contributed by atoms with Gasteiger partial charge in [-0.15, -0.1) is 0 Å². The Balaban J connectivity index is 1.43. The van der Waals surface area contributed by atoms with Crippen molar-refractivity contribution in [3.8, 4) is 0 Å². The summed E-state index contributed by atoms with van der Waals surface area (Å²) in [6.45, 7) is 2.63. The van der Waals surface area contributed by atoms with Crippen LogP contribution in [0.1, 0.15) is 45.4 Å². The van der Waals surface area contributed by atoms with Gasteiger partial charge in [-0.25, -0.2) is 0 Å². The van der Waals surface area contributed by atoms with Crippen molar-refractivity contribution >= 4 is 11.8 Å². The van der Waals surface area contributed by atoms with Crippen LogP contribution in [0.25, 0.3) is 0 Å². The first-order valence-electron chi connectivity index (χ1n) is 8.08. The Morgan fingerprint density at radius 3 is 2.19 bits per heavy atom. The smallest absolute Gasteiger partial charge is 0.260 e. The Morgan fingerprint density at radius 2 is 1.57 bits per heavy atom. The van der Waals surface area contributed by atoms with E-state index in [-0.39, 0.29) is 35.9 Å². The molecule has 2 amide bonds. The van der Waals surface area contributed by atoms with Crippen molar-refractivity contribution in [3.05, 3.63) is 12.2 Å². The lowest BCUT2D eigenvalue weighted by molar-refractivity contribution is -0.192. The predicted molar refractivity (Wildman–Crippen MR) is 76.0 cm³/mol. The number of carbonyl (C=O) groups excluding carboxylic acids is 2. The van der Waals surface area contributed by atoms with E-state index in [2.05, 4.69) is 6.92 Å². The van der Waals surface area contributed by atoms with Crippen molar-refractivity contribution in [2.45, 2.75) is 57.7 Å². The van der Waals surface area contributed by atoms with Crippen LogP contribution in [-0.2, 0) is 19.2 Å². The number of hydrogen-bond acceptors (Lipinski definition) is 4. The highest BCUT2D eigenvalue weighted by Crippen LogP contribution is 2.45. The van der Waals surface area contributed by atoms with Gasteiger partial charge in [0.15, 0.2) is 0 Å². The molecule has 3 rings (SSSR count). The zero-order chi connectivity index (χ0) is 14.8. The molecule has 0 N–H and O–H groups in total. The van der Waals surface area contributed by atoms with E-state index in [4.69, 9.17) is 9.57 Å². The van der Waals surface area contributed by atoms with Crippen molar-refractivity contribution in [2.75, 3.05) is 6.61 Å². The first-order chi connectivity index (χ1) is 10.2. The van der Waals surface area contributed by atoms with Gasteiger partial charge in [-0.3, -0.25) is 14.4 Å². The molecule has 5 heteroatoms. The zero-order valence-electron chi connectivity index (χ0n) is 12.5. The minimum atomic E-state index is -0.364. The lowest BCUT2D eigenvalue weighted by atomic mass is 9.85. The summed E-state index contributed by atoms with van der Waals surface area (Å²) in [4.78, 5) is 30.0. The summed E-state index contributed by atoms with van der Waals surface area (Å²) in [5, 5.41) is 0.997. The maximum atomic E-state index is 12.3. The van der Waals surface area contributed by atoms with E-state index in [9.17, 15) is 9.59 Å². The quantitative estimate of drug-likeness (QED) is 0.391. The van der Waals surface area contributed by atoms with Crippen molar-refractivity contribution in [2.24, 2.45) is 11.8 Å². The number of rotatable bonds is 8. The van der Waals surface area contributed by atoms with Crippen molar-refractivity contribution in [3.63, 3.8) is 0 Å². The van der Waals surface area contributed by atoms with Gasteiger partial charge in [-0.2, -0.15) is 5.06 Å². The molecule has 0 unspecified atom stereocenters. The fourth-order valence-corrected chi connectivity index (χ4v) is 3.44. The Kier molecular flexibility index (Phi) is 4.40. The Labute approximate surface area is 125 Å². The third-order valence-electron chi connectivity index (χ3n) is 4.59. The van der Waals surface area contributed by atoms with Crippen molar-refractivity contribution in [1.82, 2.24) is 5.06 Å². The topological polar surface area (TPSA) is 55.8 Å². The molecule has 0 radical (unpaired) electrons. The van der Waals surface area contributed by atoms with Gasteiger partial charge in [-0.1, -0.05) is 51.2 Å². The molecule has 0 aromatic rings. The molecule has 0 aromatic carbocycles. The highest BCUT2D eigenvalue weighted by atomic mass is 16.7. The van der Waals surface area contributed by atoms with E-state index in [0.717, 1.165) is 17.9 Å². The third-order valence-corrected chi connectivity index (χ3v) is 4.59. The van der Waals surface area contributed by atoms with Crippen LogP contribution in [0.15, 0.2) is 12.2 Å². The average Bonchev–Trinajstić information content (AvgIpc) is 3.15. The maximum Gasteiger partial charge on any atom is 0.260 e. The third kappa shape index (κ3) is 2.64. The van der Waals surface area contributed by atoms with E-state index in [0.29, 0.717) is 6.61 Å². The second-order valence-corrected chi connectivity index (χ2v) is 6.07. The molecule has 3 heterocycles. The number of nitrogens with zero attached hydrogens (tertiary/aromatic N) is 1. The van der Waals surface area contributed by atoms with Gasteiger partial charge >= 0.3 is 0 Å². The van der Waals surface area contributed by atoms with Gasteiger partial charge in [0.2, 0.25) is 0 Å². The Hall–Kier alpha value is -1.20. The van der Waals surface area contributed by atoms with E-state index < -0.39 is 0 Å². The number of imide groups is 1. The number of amides is 2. The number of hydrogen-bond donors (Lipinski definition) is 0. The molecule has 4 atom stereocenters. The number of fused-ring (bicyclic) bond motifs is 5. The van der Waals surface area contributed by atoms with Crippen LogP contribution in [0, 0.1) is 11.8 Å². The van der Waals surface area contributed by atoms with Crippen LogP contribution < -0.4 is 0 Å². The zero-order valence-corrected chi connectivity index (χ0v) is 12.5. The lowest BCUT2D eigenvalue weighted by Crippen LogP contribution is -2.34. The van der Waals surface area contributed by atoms with Crippen LogP contribution >= 0.6 is 0 Å². The number of hydroxylamine groups is 2. The van der Waals surface area contributed by atoms with Gasteiger partial charge in [0.25, 0.3) is 11.8 Å². The lowest BCUT2D eigenvalue weighted by Gasteiger charge is -2.16. The summed E-state index contributed by atoms with van der Waals surface area (Å²) in [5.41, 5.74) is 0. The monoisotopic (exact) mass is 293 g/mol. The van der Waals surface area contributed by atoms with Gasteiger partial charge in [0, 0.05) is 0 Å². The first kappa shape index (κ1) is 14.7. The fourth-order valence-electron chi connectivity index (χ4n) is 3.44. The second kappa shape index (κ2) is 6.28. The minimum Gasteiger partial charge on any atom is -0.365 e. The maximum absolute atomic E-state index is 12.3. The van der Waals surface area contributed by atoms with Crippen LogP contribution in [0.4, 0.5) is 0 Å². The highest BCUT2D eigenvalue weighted by molar-refractivity contribution is 6.05. The van der Waals surface area contributed by atoms with Crippen molar-refractivity contribution in [1.29, 1.82) is 0 Å². The summed E-state index contributed by atoms with van der Waals surface area (Å²) in [7, 11) is 0. The van der Waals surface area contributed by atoms with Crippen molar-refractivity contribution < 1.29 is 19.2 Å². The molecule has 2 fully saturated rings. The first-order valence-corrected chi connectivity index (χ1v) is 8.08. The summed E-state index contributed by atoms with van der Waals surface area (Å²) in [6.07, 6.45) is 10.2. The van der Waals surface area contributed by atoms with Crippen LogP contribution in [0.2, 0.25) is 0 Å². The number of carbonyl (C=O) groups is 2. The highest BCUT2D eigenvalue weighted by Gasteiger charge is 2.61. The fraction of sp³-hybridized carbons (Fsp3) is 0.750. The Bertz CT molecular complexity index is 418.